The molecule has 64 heavy (non-hydrogen) atoms. The first kappa shape index (κ1) is 63.3. The van der Waals surface area contributed by atoms with Gasteiger partial charge in [-0.25, -0.2) is 0 Å². The van der Waals surface area contributed by atoms with E-state index in [2.05, 4.69) is 80.0 Å². The summed E-state index contributed by atoms with van der Waals surface area (Å²) in [7, 11) is 4.42. The van der Waals surface area contributed by atoms with E-state index in [0.29, 0.717) is 0 Å². The molecule has 0 bridgehead atoms. The summed E-state index contributed by atoms with van der Waals surface area (Å²) in [4.78, 5) is 17.1. The van der Waals surface area contributed by atoms with Gasteiger partial charge in [-0.15, -0.1) is 0 Å². The molecular weight excluding hydrogens is 783 g/mol. The van der Waals surface area contributed by atoms with E-state index in [9.17, 15) is 0 Å². The lowest BCUT2D eigenvalue weighted by Crippen LogP contribution is -2.39. The first-order valence-corrected chi connectivity index (χ1v) is 29.3. The van der Waals surface area contributed by atoms with Gasteiger partial charge in [-0.2, -0.15) is 5.06 Å². The first-order chi connectivity index (χ1) is 31.4. The molecule has 0 saturated heterocycles. The zero-order chi connectivity index (χ0) is 46.8. The predicted octanol–water partition coefficient (Wildman–Crippen LogP) is 16.7. The number of rotatable bonds is 55. The van der Waals surface area contributed by atoms with E-state index < -0.39 is 0 Å². The Morgan fingerprint density at radius 1 is 0.297 bits per heavy atom. The summed E-state index contributed by atoms with van der Waals surface area (Å²) < 4.78 is 0. The Kier molecular flexibility index (Phi) is 51.2. The Morgan fingerprint density at radius 2 is 0.562 bits per heavy atom. The molecule has 6 nitrogen and oxygen atoms in total. The fourth-order valence-corrected chi connectivity index (χ4v) is 9.30. The summed E-state index contributed by atoms with van der Waals surface area (Å²) in [5.41, 5.74) is 1.29. The van der Waals surface area contributed by atoms with E-state index in [-0.39, 0.29) is 0 Å². The van der Waals surface area contributed by atoms with Crippen molar-refractivity contribution in [2.24, 2.45) is 0 Å². The van der Waals surface area contributed by atoms with Gasteiger partial charge in [0.25, 0.3) is 0 Å². The van der Waals surface area contributed by atoms with Gasteiger partial charge < -0.3 is 9.80 Å². The average Bonchev–Trinajstić information content (AvgIpc) is 3.29. The average molecular weight is 905 g/mol. The SMILES string of the molecule is C=C(CN(CCCCCCCCC)CCCCCCCCC)N(C)CCCCN(C)OCCN(CCCCCCCCC)CCN(CCCCCCCCC)CCCCCCCCC. The highest BCUT2D eigenvalue weighted by Crippen LogP contribution is 2.15. The quantitative estimate of drug-likeness (QED) is 0.0446. The third-order valence-corrected chi connectivity index (χ3v) is 14.0. The van der Waals surface area contributed by atoms with Crippen LogP contribution in [0.2, 0.25) is 0 Å². The van der Waals surface area contributed by atoms with Crippen LogP contribution in [0.15, 0.2) is 12.3 Å². The van der Waals surface area contributed by atoms with Crippen LogP contribution >= 0.6 is 0 Å². The van der Waals surface area contributed by atoms with Crippen molar-refractivity contribution in [2.45, 2.75) is 272 Å². The highest BCUT2D eigenvalue weighted by molar-refractivity contribution is 4.95. The second kappa shape index (κ2) is 51.7. The van der Waals surface area contributed by atoms with E-state index in [1.165, 1.54) is 283 Å². The Bertz CT molecular complexity index is 866. The zero-order valence-electron chi connectivity index (χ0n) is 45.5. The summed E-state index contributed by atoms with van der Waals surface area (Å²) >= 11 is 0. The van der Waals surface area contributed by atoms with Crippen LogP contribution in [0, 0.1) is 0 Å². The first-order valence-electron chi connectivity index (χ1n) is 29.3. The van der Waals surface area contributed by atoms with Crippen LogP contribution < -0.4 is 0 Å². The predicted molar refractivity (Wildman–Crippen MR) is 289 cm³/mol. The number of hydrogen-bond acceptors (Lipinski definition) is 6. The van der Waals surface area contributed by atoms with Crippen molar-refractivity contribution >= 4 is 0 Å². The van der Waals surface area contributed by atoms with Crippen molar-refractivity contribution in [3.05, 3.63) is 12.3 Å². The molecule has 0 radical (unpaired) electrons. The third kappa shape index (κ3) is 45.1. The number of unbranched alkanes of at least 4 members (excludes halogenated alkanes) is 31. The Morgan fingerprint density at radius 3 is 0.906 bits per heavy atom. The van der Waals surface area contributed by atoms with Gasteiger partial charge in [0.1, 0.15) is 0 Å². The van der Waals surface area contributed by atoms with Gasteiger partial charge in [-0.3, -0.25) is 14.6 Å². The summed E-state index contributed by atoms with van der Waals surface area (Å²) in [5, 5.41) is 2.13. The van der Waals surface area contributed by atoms with Gasteiger partial charge in [-0.1, -0.05) is 234 Å². The molecule has 0 saturated carbocycles. The molecule has 0 heterocycles. The van der Waals surface area contributed by atoms with Crippen molar-refractivity contribution in [1.82, 2.24) is 24.7 Å². The fraction of sp³-hybridized carbons (Fsp3) is 0.966. The smallest absolute Gasteiger partial charge is 0.0812 e. The molecule has 0 aromatic rings. The number of nitrogens with zero attached hydrogens (tertiary/aromatic N) is 5. The van der Waals surface area contributed by atoms with E-state index >= 15 is 0 Å². The van der Waals surface area contributed by atoms with Gasteiger partial charge in [0.2, 0.25) is 0 Å². The molecule has 0 fully saturated rings. The summed E-state index contributed by atoms with van der Waals surface area (Å²) in [6.45, 7) is 29.8. The molecule has 0 aromatic heterocycles. The maximum absolute atomic E-state index is 6.39. The molecule has 0 rings (SSSR count). The second-order valence-corrected chi connectivity index (χ2v) is 20.4. The Hall–Kier alpha value is -0.660. The molecule has 0 atom stereocenters. The van der Waals surface area contributed by atoms with Crippen LogP contribution in [0.1, 0.15) is 272 Å². The van der Waals surface area contributed by atoms with Gasteiger partial charge in [0.15, 0.2) is 0 Å². The van der Waals surface area contributed by atoms with Gasteiger partial charge in [0.05, 0.1) is 6.61 Å². The largest absolute Gasteiger partial charge is 0.377 e. The molecular formula is C58H121N5O. The summed E-state index contributed by atoms with van der Waals surface area (Å²) in [6, 6.07) is 0. The molecule has 0 aliphatic rings. The number of hydroxylamine groups is 2. The van der Waals surface area contributed by atoms with Crippen molar-refractivity contribution in [2.75, 3.05) is 92.7 Å². The van der Waals surface area contributed by atoms with Crippen LogP contribution in [0.3, 0.4) is 0 Å². The number of hydrogen-bond donors (Lipinski definition) is 0. The van der Waals surface area contributed by atoms with Crippen LogP contribution in [0.25, 0.3) is 0 Å². The lowest BCUT2D eigenvalue weighted by Gasteiger charge is -2.29. The van der Waals surface area contributed by atoms with E-state index in [0.717, 1.165) is 39.2 Å². The minimum absolute atomic E-state index is 0.798. The minimum Gasteiger partial charge on any atom is -0.377 e. The van der Waals surface area contributed by atoms with Crippen molar-refractivity contribution < 1.29 is 4.84 Å². The van der Waals surface area contributed by atoms with E-state index in [1.54, 1.807) is 0 Å². The topological polar surface area (TPSA) is 25.4 Å². The lowest BCUT2D eigenvalue weighted by molar-refractivity contribution is -0.144. The van der Waals surface area contributed by atoms with Crippen LogP contribution in [0.4, 0.5) is 0 Å². The molecule has 0 unspecified atom stereocenters. The molecule has 0 amide bonds. The molecule has 0 aliphatic carbocycles. The van der Waals surface area contributed by atoms with E-state index in [1.807, 2.05) is 0 Å². The van der Waals surface area contributed by atoms with Crippen LogP contribution in [-0.4, -0.2) is 117 Å². The Balaban J connectivity index is 4.94. The maximum atomic E-state index is 6.39. The third-order valence-electron chi connectivity index (χ3n) is 14.0. The molecule has 384 valence electrons. The van der Waals surface area contributed by atoms with Crippen molar-refractivity contribution in [3.63, 3.8) is 0 Å². The van der Waals surface area contributed by atoms with Crippen molar-refractivity contribution in [3.8, 4) is 0 Å². The zero-order valence-corrected chi connectivity index (χ0v) is 45.5. The molecule has 6 heteroatoms. The lowest BCUT2D eigenvalue weighted by atomic mass is 10.1. The monoisotopic (exact) mass is 904 g/mol. The molecule has 0 aromatic carbocycles. The standard InChI is InChI=1S/C58H121N5O/c1-9-14-19-24-29-34-39-48-61(49-40-35-30-25-20-15-10-2)53-54-62(50-41-36-31-26-21-16-11-3)55-56-64-60(8)47-45-44-46-59(7)58(6)57-63(51-42-37-32-27-22-17-12-4)52-43-38-33-28-23-18-13-5/h6,9-57H2,1-5,7-8H3. The highest BCUT2D eigenvalue weighted by atomic mass is 16.7. The fourth-order valence-electron chi connectivity index (χ4n) is 9.30. The van der Waals surface area contributed by atoms with Gasteiger partial charge in [-0.05, 0) is 77.7 Å². The minimum atomic E-state index is 0.798. The normalized spacial score (nSPS) is 12.0. The number of likely N-dealkylation sites (N-methyl/N-ethyl adjacent to an activating group) is 1. The molecule has 0 aliphatic heterocycles. The van der Waals surface area contributed by atoms with Crippen molar-refractivity contribution in [1.29, 1.82) is 0 Å². The molecule has 0 spiro atoms. The van der Waals surface area contributed by atoms with Gasteiger partial charge >= 0.3 is 0 Å². The maximum Gasteiger partial charge on any atom is 0.0812 e. The summed E-state index contributed by atoms with van der Waals surface area (Å²) in [5.74, 6) is 0. The summed E-state index contributed by atoms with van der Waals surface area (Å²) in [6.07, 6.45) is 50.9. The van der Waals surface area contributed by atoms with Crippen LogP contribution in [0.5, 0.6) is 0 Å². The van der Waals surface area contributed by atoms with Crippen LogP contribution in [-0.2, 0) is 4.84 Å². The molecule has 0 N–H and O–H groups in total. The highest BCUT2D eigenvalue weighted by Gasteiger charge is 2.13. The van der Waals surface area contributed by atoms with E-state index in [4.69, 9.17) is 4.84 Å². The second-order valence-electron chi connectivity index (χ2n) is 20.4. The van der Waals surface area contributed by atoms with Gasteiger partial charge in [0, 0.05) is 59.1 Å². The Labute approximate surface area is 405 Å².